The fraction of sp³-hybridized carbons (Fsp3) is 0.375. The number of alkyl halides is 3. The lowest BCUT2D eigenvalue weighted by atomic mass is 10.0. The van der Waals surface area contributed by atoms with E-state index in [0.717, 1.165) is 32.9 Å². The second-order valence-corrected chi connectivity index (χ2v) is 11.7. The smallest absolute Gasteiger partial charge is 0.392 e. The van der Waals surface area contributed by atoms with Gasteiger partial charge in [0.25, 0.3) is 0 Å². The highest BCUT2D eigenvalue weighted by molar-refractivity contribution is 7.99. The van der Waals surface area contributed by atoms with Crippen LogP contribution in [0.25, 0.3) is 0 Å². The number of likely N-dealkylation sites (tertiary alicyclic amines) is 1. The largest absolute Gasteiger partial charge is 0.471 e. The maximum atomic E-state index is 12.9. The Morgan fingerprint density at radius 1 is 0.930 bits per heavy atom. The van der Waals surface area contributed by atoms with Crippen molar-refractivity contribution in [2.24, 2.45) is 0 Å². The molecule has 4 atom stereocenters. The first-order valence-electron chi connectivity index (χ1n) is 14.1. The van der Waals surface area contributed by atoms with E-state index < -0.39 is 30.3 Å². The van der Waals surface area contributed by atoms with Gasteiger partial charge in [-0.3, -0.25) is 9.59 Å². The molecule has 0 aromatic heterocycles. The molecule has 0 saturated carbocycles. The van der Waals surface area contributed by atoms with Gasteiger partial charge in [0.1, 0.15) is 6.04 Å². The van der Waals surface area contributed by atoms with E-state index in [1.807, 2.05) is 66.7 Å². The lowest BCUT2D eigenvalue weighted by Gasteiger charge is -2.36. The Morgan fingerprint density at radius 2 is 1.60 bits per heavy atom. The van der Waals surface area contributed by atoms with Crippen LogP contribution >= 0.6 is 11.8 Å². The number of benzene rings is 3. The summed E-state index contributed by atoms with van der Waals surface area (Å²) in [6.45, 7) is -0.0264. The number of ether oxygens (including phenoxy) is 2. The van der Waals surface area contributed by atoms with Crippen LogP contribution in [-0.4, -0.2) is 52.4 Å². The zero-order valence-corrected chi connectivity index (χ0v) is 24.2. The van der Waals surface area contributed by atoms with Crippen molar-refractivity contribution in [1.82, 2.24) is 10.2 Å². The maximum Gasteiger partial charge on any atom is 0.471 e. The molecule has 228 valence electrons. The minimum absolute atomic E-state index is 0.0364. The molecular weight excluding hydrogens is 581 g/mol. The molecule has 3 aromatic carbocycles. The van der Waals surface area contributed by atoms with Gasteiger partial charge in [0.2, 0.25) is 5.91 Å². The molecule has 2 aliphatic heterocycles. The number of thioether (sulfide) groups is 1. The lowest BCUT2D eigenvalue weighted by Crippen LogP contribution is -2.50. The zero-order chi connectivity index (χ0) is 30.4. The number of hydrogen-bond acceptors (Lipinski definition) is 6. The van der Waals surface area contributed by atoms with E-state index in [1.165, 1.54) is 0 Å². The summed E-state index contributed by atoms with van der Waals surface area (Å²) in [5.41, 5.74) is 3.34. The van der Waals surface area contributed by atoms with Gasteiger partial charge in [-0.15, -0.1) is 11.8 Å². The first kappa shape index (κ1) is 31.1. The predicted molar refractivity (Wildman–Crippen MR) is 155 cm³/mol. The number of nitrogens with one attached hydrogen (secondary N) is 1. The van der Waals surface area contributed by atoms with E-state index in [1.54, 1.807) is 11.8 Å². The normalized spacial score (nSPS) is 22.4. The van der Waals surface area contributed by atoms with Gasteiger partial charge in [-0.2, -0.15) is 13.2 Å². The number of halogens is 3. The maximum absolute atomic E-state index is 12.9. The molecule has 43 heavy (non-hydrogen) atoms. The highest BCUT2D eigenvalue weighted by atomic mass is 32.2. The van der Waals surface area contributed by atoms with Crippen LogP contribution in [0.3, 0.4) is 0 Å². The summed E-state index contributed by atoms with van der Waals surface area (Å²) in [5.74, 6) is -1.86. The first-order valence-corrected chi connectivity index (χ1v) is 15.1. The number of carbonyl (C=O) groups is 2. The fourth-order valence-electron chi connectivity index (χ4n) is 5.27. The Bertz CT molecular complexity index is 1370. The van der Waals surface area contributed by atoms with Crippen LogP contribution in [0.15, 0.2) is 83.8 Å². The van der Waals surface area contributed by atoms with Crippen molar-refractivity contribution in [3.8, 4) is 0 Å². The van der Waals surface area contributed by atoms with Gasteiger partial charge in [-0.25, -0.2) is 0 Å². The van der Waals surface area contributed by atoms with Crippen molar-refractivity contribution in [2.45, 2.75) is 68.0 Å². The lowest BCUT2D eigenvalue weighted by molar-refractivity contribution is -0.245. The molecule has 2 saturated heterocycles. The number of hydrogen-bond donors (Lipinski definition) is 2. The topological polar surface area (TPSA) is 88.1 Å². The SMILES string of the molecule is O=C(NCc1ccc([C@@H]2O[C@H](CSc3ccccc3)C[C@H](c3ccc(CO)cc3)O2)cc1)[C@@H]1CCCN1C(=O)C(F)(F)F. The Labute approximate surface area is 252 Å². The first-order chi connectivity index (χ1) is 20.7. The quantitative estimate of drug-likeness (QED) is 0.302. The summed E-state index contributed by atoms with van der Waals surface area (Å²) >= 11 is 1.71. The van der Waals surface area contributed by atoms with Crippen molar-refractivity contribution in [2.75, 3.05) is 12.3 Å². The number of carbonyl (C=O) groups excluding carboxylic acids is 2. The molecule has 0 bridgehead atoms. The molecule has 0 unspecified atom stereocenters. The van der Waals surface area contributed by atoms with Crippen molar-refractivity contribution in [3.63, 3.8) is 0 Å². The van der Waals surface area contributed by atoms with E-state index in [-0.39, 0.29) is 38.3 Å². The zero-order valence-electron chi connectivity index (χ0n) is 23.3. The van der Waals surface area contributed by atoms with Crippen LogP contribution in [0.2, 0.25) is 0 Å². The molecule has 2 fully saturated rings. The highest BCUT2D eigenvalue weighted by Gasteiger charge is 2.47. The molecule has 2 heterocycles. The van der Waals surface area contributed by atoms with E-state index >= 15 is 0 Å². The fourth-order valence-corrected chi connectivity index (χ4v) is 6.22. The van der Waals surface area contributed by atoms with Crippen LogP contribution in [0.1, 0.15) is 53.9 Å². The summed E-state index contributed by atoms with van der Waals surface area (Å²) in [5, 5.41) is 12.1. The van der Waals surface area contributed by atoms with Crippen molar-refractivity contribution in [1.29, 1.82) is 0 Å². The number of aliphatic hydroxyl groups excluding tert-OH is 1. The van der Waals surface area contributed by atoms with Crippen molar-refractivity contribution >= 4 is 23.6 Å². The van der Waals surface area contributed by atoms with Gasteiger partial charge in [0.15, 0.2) is 6.29 Å². The Hall–Kier alpha value is -3.38. The Balaban J connectivity index is 1.23. The average molecular weight is 615 g/mol. The molecule has 0 aliphatic carbocycles. The minimum Gasteiger partial charge on any atom is -0.392 e. The second kappa shape index (κ2) is 13.9. The van der Waals surface area contributed by atoms with Gasteiger partial charge >= 0.3 is 12.1 Å². The molecule has 11 heteroatoms. The minimum atomic E-state index is -5.01. The molecule has 2 amide bonds. The van der Waals surface area contributed by atoms with Crippen LogP contribution in [0.5, 0.6) is 0 Å². The number of amides is 2. The summed E-state index contributed by atoms with van der Waals surface area (Å²) in [6.07, 6.45) is -4.78. The number of rotatable bonds is 9. The second-order valence-electron chi connectivity index (χ2n) is 10.6. The molecule has 0 spiro atoms. The summed E-state index contributed by atoms with van der Waals surface area (Å²) < 4.78 is 51.5. The van der Waals surface area contributed by atoms with Crippen LogP contribution in [0.4, 0.5) is 13.2 Å². The molecule has 2 N–H and O–H groups in total. The molecule has 7 nitrogen and oxygen atoms in total. The van der Waals surface area contributed by atoms with Crippen LogP contribution < -0.4 is 5.32 Å². The van der Waals surface area contributed by atoms with E-state index in [4.69, 9.17) is 9.47 Å². The third-order valence-corrected chi connectivity index (χ3v) is 8.72. The summed E-state index contributed by atoms with van der Waals surface area (Å²) in [4.78, 5) is 26.1. The van der Waals surface area contributed by atoms with Gasteiger partial charge in [-0.1, -0.05) is 66.7 Å². The van der Waals surface area contributed by atoms with E-state index in [0.29, 0.717) is 17.7 Å². The molecule has 0 radical (unpaired) electrons. The molecular formula is C32H33F3N2O5S. The van der Waals surface area contributed by atoms with Gasteiger partial charge in [0.05, 0.1) is 18.8 Å². The van der Waals surface area contributed by atoms with E-state index in [9.17, 15) is 27.9 Å². The standard InChI is InChI=1S/C32H33F3N2O5S/c33-32(34,35)31(40)37-16-4-7-27(37)29(39)36-18-21-8-14-24(15-9-21)30-41-25(20-43-26-5-2-1-3-6-26)17-28(42-30)23-12-10-22(19-38)11-13-23/h1-3,5-6,8-15,25,27-28,30,38H,4,7,16-20H2,(H,36,39)/t25-,27-,28+,30+/m0/s1. The molecule has 5 rings (SSSR count). The van der Waals surface area contributed by atoms with Gasteiger partial charge in [-0.05, 0) is 41.7 Å². The molecule has 3 aromatic rings. The monoisotopic (exact) mass is 614 g/mol. The Kier molecular flexibility index (Phi) is 10.1. The average Bonchev–Trinajstić information content (AvgIpc) is 3.52. The van der Waals surface area contributed by atoms with Crippen molar-refractivity contribution < 1.29 is 37.3 Å². The van der Waals surface area contributed by atoms with Crippen LogP contribution in [0, 0.1) is 0 Å². The summed E-state index contributed by atoms with van der Waals surface area (Å²) in [7, 11) is 0. The third kappa shape index (κ3) is 7.97. The van der Waals surface area contributed by atoms with E-state index in [2.05, 4.69) is 17.4 Å². The number of nitrogens with zero attached hydrogens (tertiary/aromatic N) is 1. The predicted octanol–water partition coefficient (Wildman–Crippen LogP) is 5.69. The highest BCUT2D eigenvalue weighted by Crippen LogP contribution is 2.39. The Morgan fingerprint density at radius 3 is 2.28 bits per heavy atom. The number of aliphatic hydroxyl groups is 1. The van der Waals surface area contributed by atoms with Crippen LogP contribution in [-0.2, 0) is 32.2 Å². The van der Waals surface area contributed by atoms with Crippen molar-refractivity contribution in [3.05, 3.63) is 101 Å². The summed E-state index contributed by atoms with van der Waals surface area (Å²) in [6, 6.07) is 23.9. The van der Waals surface area contributed by atoms with Gasteiger partial charge < -0.3 is 24.8 Å². The molecule has 2 aliphatic rings. The third-order valence-electron chi connectivity index (χ3n) is 7.57. The van der Waals surface area contributed by atoms with Gasteiger partial charge in [0, 0.05) is 35.7 Å².